The first-order valence-electron chi connectivity index (χ1n) is 8.00. The van der Waals surface area contributed by atoms with Crippen LogP contribution in [0.15, 0.2) is 18.2 Å². The van der Waals surface area contributed by atoms with Crippen LogP contribution in [0.25, 0.3) is 11.4 Å². The lowest BCUT2D eigenvalue weighted by atomic mass is 10.1. The van der Waals surface area contributed by atoms with Gasteiger partial charge in [0.2, 0.25) is 5.82 Å². The topological polar surface area (TPSA) is 110 Å². The number of phenols is 1. The van der Waals surface area contributed by atoms with Crippen molar-refractivity contribution in [1.29, 1.82) is 0 Å². The van der Waals surface area contributed by atoms with Crippen molar-refractivity contribution >= 4 is 14.0 Å². The molecule has 0 saturated heterocycles. The van der Waals surface area contributed by atoms with Crippen molar-refractivity contribution in [2.24, 2.45) is 0 Å². The summed E-state index contributed by atoms with van der Waals surface area (Å²) in [6.45, 7) is 11.0. The van der Waals surface area contributed by atoms with E-state index in [4.69, 9.17) is 4.74 Å². The van der Waals surface area contributed by atoms with Crippen LogP contribution < -0.4 is 0 Å². The SMILES string of the molecule is CCOCC[Si](C)(C)C.COC(=O)c1cc(O)cc(-c2nn[nH]n2)c1. The van der Waals surface area contributed by atoms with Gasteiger partial charge in [-0.25, -0.2) is 4.79 Å². The summed E-state index contributed by atoms with van der Waals surface area (Å²) in [5.74, 6) is -0.315. The summed E-state index contributed by atoms with van der Waals surface area (Å²) in [4.78, 5) is 11.3. The Morgan fingerprint density at radius 1 is 1.28 bits per heavy atom. The van der Waals surface area contributed by atoms with Crippen molar-refractivity contribution in [2.75, 3.05) is 20.3 Å². The summed E-state index contributed by atoms with van der Waals surface area (Å²) in [5, 5.41) is 22.6. The molecule has 2 rings (SSSR count). The van der Waals surface area contributed by atoms with Crippen LogP contribution in [0, 0.1) is 0 Å². The number of rotatable bonds is 6. The Morgan fingerprint density at radius 3 is 2.52 bits per heavy atom. The molecule has 0 fully saturated rings. The van der Waals surface area contributed by atoms with Crippen LogP contribution >= 0.6 is 0 Å². The van der Waals surface area contributed by atoms with Gasteiger partial charge in [-0.15, -0.1) is 10.2 Å². The molecule has 0 aliphatic carbocycles. The summed E-state index contributed by atoms with van der Waals surface area (Å²) in [5.41, 5.74) is 0.705. The van der Waals surface area contributed by atoms with Gasteiger partial charge in [0.1, 0.15) is 5.75 Å². The highest BCUT2D eigenvalue weighted by molar-refractivity contribution is 6.76. The lowest BCUT2D eigenvalue weighted by molar-refractivity contribution is 0.0600. The van der Waals surface area contributed by atoms with Gasteiger partial charge >= 0.3 is 5.97 Å². The lowest BCUT2D eigenvalue weighted by Gasteiger charge is -2.14. The zero-order valence-corrected chi connectivity index (χ0v) is 16.4. The van der Waals surface area contributed by atoms with Crippen LogP contribution in [0.4, 0.5) is 0 Å². The monoisotopic (exact) mass is 366 g/mol. The van der Waals surface area contributed by atoms with E-state index in [9.17, 15) is 9.90 Å². The van der Waals surface area contributed by atoms with Crippen molar-refractivity contribution in [2.45, 2.75) is 32.6 Å². The van der Waals surface area contributed by atoms with E-state index in [0.717, 1.165) is 13.2 Å². The highest BCUT2D eigenvalue weighted by atomic mass is 28.3. The molecule has 1 aromatic heterocycles. The fraction of sp³-hybridized carbons (Fsp3) is 0.500. The van der Waals surface area contributed by atoms with E-state index in [0.29, 0.717) is 11.4 Å². The van der Waals surface area contributed by atoms with Gasteiger partial charge in [-0.05, 0) is 36.4 Å². The lowest BCUT2D eigenvalue weighted by Crippen LogP contribution is -2.21. The van der Waals surface area contributed by atoms with E-state index in [-0.39, 0.29) is 11.3 Å². The third-order valence-corrected chi connectivity index (χ3v) is 4.85. The van der Waals surface area contributed by atoms with Crippen LogP contribution in [0.1, 0.15) is 17.3 Å². The Hall–Kier alpha value is -2.26. The molecule has 8 nitrogen and oxygen atoms in total. The van der Waals surface area contributed by atoms with Crippen LogP contribution in [0.3, 0.4) is 0 Å². The van der Waals surface area contributed by atoms with Gasteiger partial charge in [-0.1, -0.05) is 19.6 Å². The average molecular weight is 366 g/mol. The number of aromatic hydroxyl groups is 1. The molecule has 9 heteroatoms. The molecule has 0 aliphatic rings. The van der Waals surface area contributed by atoms with E-state index >= 15 is 0 Å². The smallest absolute Gasteiger partial charge is 0.338 e. The number of tetrazole rings is 1. The molecule has 0 amide bonds. The molecule has 0 radical (unpaired) electrons. The molecular formula is C16H26N4O4Si. The summed E-state index contributed by atoms with van der Waals surface area (Å²) in [6, 6.07) is 5.53. The molecule has 138 valence electrons. The number of benzene rings is 1. The number of aromatic nitrogens is 4. The normalized spacial score (nSPS) is 10.8. The predicted molar refractivity (Wildman–Crippen MR) is 97.3 cm³/mol. The maximum Gasteiger partial charge on any atom is 0.338 e. The highest BCUT2D eigenvalue weighted by Crippen LogP contribution is 2.22. The number of carbonyl (C=O) groups excluding carboxylic acids is 1. The van der Waals surface area contributed by atoms with Crippen molar-refractivity contribution in [3.63, 3.8) is 0 Å². The number of H-pyrrole nitrogens is 1. The summed E-state index contributed by atoms with van der Waals surface area (Å²) < 4.78 is 9.79. The Kier molecular flexibility index (Phi) is 8.22. The molecule has 25 heavy (non-hydrogen) atoms. The second kappa shape index (κ2) is 9.89. The minimum Gasteiger partial charge on any atom is -0.508 e. The summed E-state index contributed by atoms with van der Waals surface area (Å²) in [7, 11) is 0.445. The molecule has 0 spiro atoms. The maximum absolute atomic E-state index is 11.3. The highest BCUT2D eigenvalue weighted by Gasteiger charge is 2.12. The second-order valence-electron chi connectivity index (χ2n) is 6.50. The van der Waals surface area contributed by atoms with Gasteiger partial charge in [0.05, 0.1) is 12.7 Å². The number of aromatic amines is 1. The Morgan fingerprint density at radius 2 is 2.00 bits per heavy atom. The minimum absolute atomic E-state index is 0.0669. The van der Waals surface area contributed by atoms with Crippen molar-refractivity contribution in [3.8, 4) is 17.1 Å². The molecule has 0 aliphatic heterocycles. The number of esters is 1. The third-order valence-electron chi connectivity index (χ3n) is 3.14. The number of carbonyl (C=O) groups is 1. The molecule has 0 bridgehead atoms. The van der Waals surface area contributed by atoms with Gasteiger partial charge in [0.15, 0.2) is 0 Å². The van der Waals surface area contributed by atoms with Crippen LogP contribution in [-0.4, -0.2) is 60.1 Å². The Labute approximate surface area is 148 Å². The number of nitrogens with zero attached hydrogens (tertiary/aromatic N) is 3. The van der Waals surface area contributed by atoms with Gasteiger partial charge in [-0.3, -0.25) is 0 Å². The zero-order valence-electron chi connectivity index (χ0n) is 15.4. The van der Waals surface area contributed by atoms with E-state index in [1.54, 1.807) is 0 Å². The number of phenolic OH excluding ortho intramolecular Hbond substituents is 1. The number of methoxy groups -OCH3 is 1. The first kappa shape index (κ1) is 20.8. The van der Waals surface area contributed by atoms with Crippen LogP contribution in [0.2, 0.25) is 25.7 Å². The molecule has 1 heterocycles. The fourth-order valence-corrected chi connectivity index (χ4v) is 2.54. The van der Waals surface area contributed by atoms with Crippen LogP contribution in [0.5, 0.6) is 5.75 Å². The van der Waals surface area contributed by atoms with E-state index in [1.807, 2.05) is 6.92 Å². The second-order valence-corrected chi connectivity index (χ2v) is 12.1. The molecular weight excluding hydrogens is 340 g/mol. The number of nitrogens with one attached hydrogen (secondary N) is 1. The van der Waals surface area contributed by atoms with Gasteiger partial charge < -0.3 is 14.6 Å². The third kappa shape index (κ3) is 7.90. The maximum atomic E-state index is 11.3. The molecule has 1 aromatic carbocycles. The summed E-state index contributed by atoms with van der Waals surface area (Å²) in [6.07, 6.45) is 0. The van der Waals surface area contributed by atoms with E-state index in [1.165, 1.54) is 31.4 Å². The summed E-state index contributed by atoms with van der Waals surface area (Å²) >= 11 is 0. The van der Waals surface area contributed by atoms with E-state index in [2.05, 4.69) is 45.0 Å². The first-order valence-corrected chi connectivity index (χ1v) is 11.7. The Bertz CT molecular complexity index is 657. The number of ether oxygens (including phenoxy) is 2. The Balaban J connectivity index is 0.000000299. The fourth-order valence-electron chi connectivity index (χ4n) is 1.78. The number of hydrogen-bond donors (Lipinski definition) is 2. The standard InChI is InChI=1S/C9H8N4O3.C7H18OSi/c1-16-9(15)6-2-5(3-7(14)4-6)8-10-12-13-11-8;1-5-8-6-7-9(2,3)4/h2-4,14H,1H3,(H,10,11,12,13);5-7H2,1-4H3. The molecule has 2 aromatic rings. The van der Waals surface area contributed by atoms with Gasteiger partial charge in [-0.2, -0.15) is 5.21 Å². The largest absolute Gasteiger partial charge is 0.508 e. The zero-order chi connectivity index (χ0) is 18.9. The van der Waals surface area contributed by atoms with E-state index < -0.39 is 14.0 Å². The molecule has 0 unspecified atom stereocenters. The van der Waals surface area contributed by atoms with Crippen molar-refractivity contribution < 1.29 is 19.4 Å². The van der Waals surface area contributed by atoms with Crippen LogP contribution in [-0.2, 0) is 9.47 Å². The molecule has 0 saturated carbocycles. The molecule has 2 N–H and O–H groups in total. The van der Waals surface area contributed by atoms with Crippen molar-refractivity contribution in [1.82, 2.24) is 20.6 Å². The average Bonchev–Trinajstić information content (AvgIpc) is 3.08. The first-order chi connectivity index (χ1) is 11.8. The van der Waals surface area contributed by atoms with Gasteiger partial charge in [0.25, 0.3) is 0 Å². The van der Waals surface area contributed by atoms with Crippen molar-refractivity contribution in [3.05, 3.63) is 23.8 Å². The van der Waals surface area contributed by atoms with Gasteiger partial charge in [0, 0.05) is 26.9 Å². The number of hydrogen-bond acceptors (Lipinski definition) is 7. The predicted octanol–water partition coefficient (Wildman–Crippen LogP) is 2.72. The quantitative estimate of drug-likeness (QED) is 0.459. The minimum atomic E-state index is -0.819. The molecule has 0 atom stereocenters.